The van der Waals surface area contributed by atoms with Gasteiger partial charge in [0.25, 0.3) is 0 Å². The Labute approximate surface area is 218 Å². The summed E-state index contributed by atoms with van der Waals surface area (Å²) in [6.45, 7) is 4.09. The number of hydrogen-bond donors (Lipinski definition) is 0. The molecule has 37 heavy (non-hydrogen) atoms. The number of anilines is 1. The van der Waals surface area contributed by atoms with Gasteiger partial charge in [0, 0.05) is 55.7 Å². The molecule has 0 bridgehead atoms. The zero-order valence-electron chi connectivity index (χ0n) is 21.5. The maximum atomic E-state index is 13.1. The number of amides is 1. The summed E-state index contributed by atoms with van der Waals surface area (Å²) >= 11 is 0. The van der Waals surface area contributed by atoms with Crippen molar-refractivity contribution in [1.82, 2.24) is 19.6 Å². The number of hydrogen-bond acceptors (Lipinski definition) is 5. The fourth-order valence-corrected chi connectivity index (χ4v) is 4.76. The van der Waals surface area contributed by atoms with Crippen molar-refractivity contribution in [2.45, 2.75) is 6.54 Å². The van der Waals surface area contributed by atoms with Gasteiger partial charge in [-0.05, 0) is 43.4 Å². The molecule has 190 valence electrons. The molecule has 0 N–H and O–H groups in total. The summed E-state index contributed by atoms with van der Waals surface area (Å²) < 4.78 is 7.18. The third kappa shape index (κ3) is 5.84. The van der Waals surface area contributed by atoms with Crippen LogP contribution in [0.15, 0.2) is 91.1 Å². The molecule has 0 radical (unpaired) electrons. The predicted molar refractivity (Wildman–Crippen MR) is 147 cm³/mol. The summed E-state index contributed by atoms with van der Waals surface area (Å²) in [6, 6.07) is 28.4. The predicted octanol–water partition coefficient (Wildman–Crippen LogP) is 4.33. The number of aromatic nitrogens is 2. The van der Waals surface area contributed by atoms with Crippen LogP contribution in [0.4, 0.5) is 5.69 Å². The van der Waals surface area contributed by atoms with Gasteiger partial charge in [-0.25, -0.2) is 4.68 Å². The second-order valence-corrected chi connectivity index (χ2v) is 9.39. The van der Waals surface area contributed by atoms with Crippen molar-refractivity contribution < 1.29 is 9.53 Å². The minimum Gasteiger partial charge on any atom is -0.497 e. The first kappa shape index (κ1) is 24.6. The second-order valence-electron chi connectivity index (χ2n) is 9.39. The van der Waals surface area contributed by atoms with Crippen molar-refractivity contribution in [3.63, 3.8) is 0 Å². The van der Waals surface area contributed by atoms with Crippen LogP contribution in [0.1, 0.15) is 5.56 Å². The molecule has 0 atom stereocenters. The molecule has 1 aromatic heterocycles. The Morgan fingerprint density at radius 2 is 1.51 bits per heavy atom. The average Bonchev–Trinajstić information content (AvgIpc) is 3.37. The summed E-state index contributed by atoms with van der Waals surface area (Å²) in [5.74, 6) is 1.01. The van der Waals surface area contributed by atoms with Crippen LogP contribution in [0.2, 0.25) is 0 Å². The van der Waals surface area contributed by atoms with E-state index < -0.39 is 0 Å². The first-order valence-electron chi connectivity index (χ1n) is 12.7. The summed E-state index contributed by atoms with van der Waals surface area (Å²) in [4.78, 5) is 19.5. The van der Waals surface area contributed by atoms with E-state index in [-0.39, 0.29) is 5.91 Å². The highest BCUT2D eigenvalue weighted by molar-refractivity contribution is 5.78. The fraction of sp³-hybridized carbons (Fsp3) is 0.267. The molecular formula is C30H33N5O2. The van der Waals surface area contributed by atoms with Gasteiger partial charge < -0.3 is 14.5 Å². The Hall–Kier alpha value is -4.10. The van der Waals surface area contributed by atoms with E-state index in [0.29, 0.717) is 13.1 Å². The average molecular weight is 496 g/mol. The number of ether oxygens (including phenoxy) is 1. The van der Waals surface area contributed by atoms with Crippen LogP contribution in [0.3, 0.4) is 0 Å². The van der Waals surface area contributed by atoms with Gasteiger partial charge in [0.05, 0.1) is 25.0 Å². The first-order valence-corrected chi connectivity index (χ1v) is 12.7. The topological polar surface area (TPSA) is 53.8 Å². The first-order chi connectivity index (χ1) is 18.1. The van der Waals surface area contributed by atoms with Gasteiger partial charge in [-0.2, -0.15) is 5.10 Å². The van der Waals surface area contributed by atoms with Crippen molar-refractivity contribution in [1.29, 1.82) is 0 Å². The lowest BCUT2D eigenvalue weighted by Gasteiger charge is -2.36. The normalized spacial score (nSPS) is 13.7. The van der Waals surface area contributed by atoms with E-state index in [2.05, 4.69) is 40.3 Å². The smallest absolute Gasteiger partial charge is 0.236 e. The van der Waals surface area contributed by atoms with E-state index in [1.807, 2.05) is 77.3 Å². The number of likely N-dealkylation sites (N-methyl/N-ethyl adjacent to an activating group) is 1. The molecular weight excluding hydrogens is 462 g/mol. The zero-order valence-corrected chi connectivity index (χ0v) is 21.5. The molecule has 7 nitrogen and oxygen atoms in total. The molecule has 5 rings (SSSR count). The van der Waals surface area contributed by atoms with E-state index in [1.54, 1.807) is 7.11 Å². The Bertz CT molecular complexity index is 1300. The Balaban J connectivity index is 1.22. The van der Waals surface area contributed by atoms with Crippen molar-refractivity contribution in [2.75, 3.05) is 51.8 Å². The molecule has 2 heterocycles. The number of benzene rings is 3. The Kier molecular flexibility index (Phi) is 7.51. The van der Waals surface area contributed by atoms with Crippen LogP contribution in [-0.4, -0.2) is 72.4 Å². The number of carbonyl (C=O) groups excluding carboxylic acids is 1. The lowest BCUT2D eigenvalue weighted by molar-refractivity contribution is -0.132. The number of piperazine rings is 1. The SMILES string of the molecule is COc1ccc(N2CCN(C(=O)CN(C)Cc3cn(-c4ccccc4)nc3-c3ccccc3)CC2)cc1. The van der Waals surface area contributed by atoms with Crippen LogP contribution in [-0.2, 0) is 11.3 Å². The highest BCUT2D eigenvalue weighted by Gasteiger charge is 2.23. The maximum absolute atomic E-state index is 13.1. The van der Waals surface area contributed by atoms with Gasteiger partial charge in [-0.3, -0.25) is 9.69 Å². The second kappa shape index (κ2) is 11.3. The molecule has 1 aliphatic rings. The number of carbonyl (C=O) groups is 1. The molecule has 0 aliphatic carbocycles. The highest BCUT2D eigenvalue weighted by atomic mass is 16.5. The van der Waals surface area contributed by atoms with E-state index in [9.17, 15) is 4.79 Å². The van der Waals surface area contributed by atoms with Crippen LogP contribution in [0.5, 0.6) is 5.75 Å². The van der Waals surface area contributed by atoms with Crippen LogP contribution < -0.4 is 9.64 Å². The summed E-state index contributed by atoms with van der Waals surface area (Å²) in [5.41, 5.74) is 5.28. The third-order valence-electron chi connectivity index (χ3n) is 6.77. The molecule has 4 aromatic rings. The maximum Gasteiger partial charge on any atom is 0.236 e. The fourth-order valence-electron chi connectivity index (χ4n) is 4.76. The molecule has 7 heteroatoms. The monoisotopic (exact) mass is 495 g/mol. The number of para-hydroxylation sites is 1. The number of rotatable bonds is 8. The van der Waals surface area contributed by atoms with Gasteiger partial charge >= 0.3 is 0 Å². The summed E-state index contributed by atoms with van der Waals surface area (Å²) in [5, 5.41) is 4.90. The van der Waals surface area contributed by atoms with Crippen LogP contribution in [0, 0.1) is 0 Å². The molecule has 1 amide bonds. The van der Waals surface area contributed by atoms with Gasteiger partial charge in [0.2, 0.25) is 5.91 Å². The lowest BCUT2D eigenvalue weighted by atomic mass is 10.1. The van der Waals surface area contributed by atoms with Crippen molar-refractivity contribution in [3.05, 3.63) is 96.7 Å². The van der Waals surface area contributed by atoms with Crippen molar-refractivity contribution in [3.8, 4) is 22.7 Å². The minimum absolute atomic E-state index is 0.161. The summed E-state index contributed by atoms with van der Waals surface area (Å²) in [6.07, 6.45) is 2.08. The molecule has 0 spiro atoms. The largest absolute Gasteiger partial charge is 0.497 e. The Morgan fingerprint density at radius 1 is 0.865 bits per heavy atom. The van der Waals surface area contributed by atoms with Crippen LogP contribution in [0.25, 0.3) is 16.9 Å². The molecule has 0 saturated carbocycles. The summed E-state index contributed by atoms with van der Waals surface area (Å²) in [7, 11) is 3.67. The Morgan fingerprint density at radius 3 is 2.16 bits per heavy atom. The van der Waals surface area contributed by atoms with E-state index in [0.717, 1.165) is 60.1 Å². The molecule has 1 fully saturated rings. The van der Waals surface area contributed by atoms with E-state index >= 15 is 0 Å². The molecule has 1 saturated heterocycles. The number of nitrogens with zero attached hydrogens (tertiary/aromatic N) is 5. The lowest BCUT2D eigenvalue weighted by Crippen LogP contribution is -2.51. The van der Waals surface area contributed by atoms with Crippen molar-refractivity contribution >= 4 is 11.6 Å². The standard InChI is InChI=1S/C30H33N5O2/c1-32(23-29(36)34-19-17-33(18-20-34)26-13-15-28(37-2)16-14-26)21-25-22-35(27-11-7-4-8-12-27)31-30(25)24-9-5-3-6-10-24/h3-16,22H,17-21,23H2,1-2H3. The zero-order chi connectivity index (χ0) is 25.6. The number of methoxy groups -OCH3 is 1. The van der Waals surface area contributed by atoms with E-state index in [1.165, 1.54) is 0 Å². The van der Waals surface area contributed by atoms with Crippen molar-refractivity contribution in [2.24, 2.45) is 0 Å². The van der Waals surface area contributed by atoms with Gasteiger partial charge in [0.15, 0.2) is 0 Å². The highest BCUT2D eigenvalue weighted by Crippen LogP contribution is 2.25. The van der Waals surface area contributed by atoms with Crippen LogP contribution >= 0.6 is 0 Å². The quantitative estimate of drug-likeness (QED) is 0.364. The van der Waals surface area contributed by atoms with Gasteiger partial charge in [-0.15, -0.1) is 0 Å². The molecule has 0 unspecified atom stereocenters. The third-order valence-corrected chi connectivity index (χ3v) is 6.77. The van der Waals surface area contributed by atoms with Gasteiger partial charge in [0.1, 0.15) is 5.75 Å². The molecule has 3 aromatic carbocycles. The van der Waals surface area contributed by atoms with E-state index in [4.69, 9.17) is 9.84 Å². The van der Waals surface area contributed by atoms with Gasteiger partial charge in [-0.1, -0.05) is 48.5 Å². The minimum atomic E-state index is 0.161. The molecule has 1 aliphatic heterocycles.